The minimum absolute atomic E-state index is 0.915. The standard InChI is InChI=1S/C8H9BrO/c1-7(5-9)4-8-2-3-10-6-8/h2-4,6H,5H2,1H3/b7-4-. The molecule has 54 valence electrons. The first-order valence-electron chi connectivity index (χ1n) is 3.08. The van der Waals surface area contributed by atoms with E-state index in [1.165, 1.54) is 5.57 Å². The lowest BCUT2D eigenvalue weighted by Gasteiger charge is -1.89. The molecule has 0 amide bonds. The van der Waals surface area contributed by atoms with Crippen molar-refractivity contribution in [2.45, 2.75) is 6.92 Å². The molecule has 0 atom stereocenters. The summed E-state index contributed by atoms with van der Waals surface area (Å²) in [6.45, 7) is 2.07. The molecule has 0 N–H and O–H groups in total. The first kappa shape index (κ1) is 7.61. The lowest BCUT2D eigenvalue weighted by molar-refractivity contribution is 0.567. The Labute approximate surface area is 68.9 Å². The highest BCUT2D eigenvalue weighted by atomic mass is 79.9. The van der Waals surface area contributed by atoms with Crippen LogP contribution in [-0.4, -0.2) is 5.33 Å². The Balaban J connectivity index is 2.71. The van der Waals surface area contributed by atoms with Crippen LogP contribution >= 0.6 is 15.9 Å². The van der Waals surface area contributed by atoms with Gasteiger partial charge in [-0.3, -0.25) is 0 Å². The largest absolute Gasteiger partial charge is 0.472 e. The van der Waals surface area contributed by atoms with Gasteiger partial charge < -0.3 is 4.42 Å². The molecule has 0 saturated heterocycles. The molecular formula is C8H9BrO. The van der Waals surface area contributed by atoms with E-state index in [9.17, 15) is 0 Å². The van der Waals surface area contributed by atoms with Crippen molar-refractivity contribution in [3.05, 3.63) is 29.7 Å². The van der Waals surface area contributed by atoms with Crippen LogP contribution in [0.3, 0.4) is 0 Å². The predicted molar refractivity (Wildman–Crippen MR) is 46.2 cm³/mol. The molecule has 0 saturated carbocycles. The molecule has 0 aliphatic rings. The van der Waals surface area contributed by atoms with Gasteiger partial charge in [-0.1, -0.05) is 27.6 Å². The van der Waals surface area contributed by atoms with E-state index in [4.69, 9.17) is 4.42 Å². The molecule has 0 aliphatic heterocycles. The van der Waals surface area contributed by atoms with Gasteiger partial charge in [-0.05, 0) is 13.0 Å². The molecular weight excluding hydrogens is 192 g/mol. The number of halogens is 1. The van der Waals surface area contributed by atoms with Gasteiger partial charge in [-0.15, -0.1) is 0 Å². The van der Waals surface area contributed by atoms with Gasteiger partial charge in [0.1, 0.15) is 0 Å². The Kier molecular flexibility index (Phi) is 2.75. The van der Waals surface area contributed by atoms with Gasteiger partial charge in [0, 0.05) is 10.9 Å². The maximum Gasteiger partial charge on any atom is 0.0974 e. The van der Waals surface area contributed by atoms with Crippen molar-refractivity contribution in [1.82, 2.24) is 0 Å². The van der Waals surface area contributed by atoms with Crippen LogP contribution in [0.1, 0.15) is 12.5 Å². The molecule has 0 aliphatic carbocycles. The maximum absolute atomic E-state index is 4.90. The fourth-order valence-corrected chi connectivity index (χ4v) is 0.842. The van der Waals surface area contributed by atoms with Crippen LogP contribution in [0.15, 0.2) is 28.6 Å². The first-order valence-corrected chi connectivity index (χ1v) is 4.20. The lowest BCUT2D eigenvalue weighted by atomic mass is 10.2. The van der Waals surface area contributed by atoms with E-state index in [2.05, 4.69) is 28.9 Å². The summed E-state index contributed by atoms with van der Waals surface area (Å²) in [5, 5.41) is 0.915. The lowest BCUT2D eigenvalue weighted by Crippen LogP contribution is -1.73. The minimum atomic E-state index is 0.915. The summed E-state index contributed by atoms with van der Waals surface area (Å²) in [5.41, 5.74) is 2.42. The number of allylic oxidation sites excluding steroid dienone is 1. The summed E-state index contributed by atoms with van der Waals surface area (Å²) >= 11 is 3.36. The van der Waals surface area contributed by atoms with Crippen molar-refractivity contribution in [1.29, 1.82) is 0 Å². The highest BCUT2D eigenvalue weighted by Crippen LogP contribution is 2.08. The second kappa shape index (κ2) is 3.62. The van der Waals surface area contributed by atoms with Crippen LogP contribution < -0.4 is 0 Å². The fourth-order valence-electron chi connectivity index (χ4n) is 0.680. The van der Waals surface area contributed by atoms with Crippen LogP contribution in [0.4, 0.5) is 0 Å². The molecule has 10 heavy (non-hydrogen) atoms. The van der Waals surface area contributed by atoms with E-state index >= 15 is 0 Å². The molecule has 1 nitrogen and oxygen atoms in total. The monoisotopic (exact) mass is 200 g/mol. The Morgan fingerprint density at radius 1 is 1.80 bits per heavy atom. The normalized spacial score (nSPS) is 12.0. The second-order valence-corrected chi connectivity index (χ2v) is 2.74. The van der Waals surface area contributed by atoms with Crippen molar-refractivity contribution in [2.24, 2.45) is 0 Å². The molecule has 0 unspecified atom stereocenters. The van der Waals surface area contributed by atoms with E-state index in [1.807, 2.05) is 6.07 Å². The number of alkyl halides is 1. The highest BCUT2D eigenvalue weighted by Gasteiger charge is 1.89. The zero-order valence-electron chi connectivity index (χ0n) is 5.80. The zero-order valence-corrected chi connectivity index (χ0v) is 7.39. The zero-order chi connectivity index (χ0) is 7.40. The fraction of sp³-hybridized carbons (Fsp3) is 0.250. The maximum atomic E-state index is 4.90. The van der Waals surface area contributed by atoms with E-state index in [-0.39, 0.29) is 0 Å². The Morgan fingerprint density at radius 3 is 3.10 bits per heavy atom. The van der Waals surface area contributed by atoms with Gasteiger partial charge in [0.2, 0.25) is 0 Å². The van der Waals surface area contributed by atoms with Crippen LogP contribution in [0.5, 0.6) is 0 Å². The van der Waals surface area contributed by atoms with Gasteiger partial charge in [-0.2, -0.15) is 0 Å². The van der Waals surface area contributed by atoms with Crippen molar-refractivity contribution < 1.29 is 4.42 Å². The first-order chi connectivity index (χ1) is 4.83. The van der Waals surface area contributed by atoms with Gasteiger partial charge in [0.25, 0.3) is 0 Å². The van der Waals surface area contributed by atoms with Crippen molar-refractivity contribution in [2.75, 3.05) is 5.33 Å². The molecule has 1 rings (SSSR count). The van der Waals surface area contributed by atoms with E-state index in [0.717, 1.165) is 10.9 Å². The highest BCUT2D eigenvalue weighted by molar-refractivity contribution is 9.09. The van der Waals surface area contributed by atoms with E-state index in [1.54, 1.807) is 12.5 Å². The number of rotatable bonds is 2. The topological polar surface area (TPSA) is 13.1 Å². The van der Waals surface area contributed by atoms with Crippen LogP contribution in [0, 0.1) is 0 Å². The van der Waals surface area contributed by atoms with Crippen molar-refractivity contribution >= 4 is 22.0 Å². The van der Waals surface area contributed by atoms with Crippen molar-refractivity contribution in [3.8, 4) is 0 Å². The van der Waals surface area contributed by atoms with Crippen LogP contribution in [0.25, 0.3) is 6.08 Å². The van der Waals surface area contributed by atoms with Crippen LogP contribution in [0.2, 0.25) is 0 Å². The molecule has 0 radical (unpaired) electrons. The summed E-state index contributed by atoms with van der Waals surface area (Å²) in [7, 11) is 0. The summed E-state index contributed by atoms with van der Waals surface area (Å²) < 4.78 is 4.90. The Hall–Kier alpha value is -0.500. The summed E-state index contributed by atoms with van der Waals surface area (Å²) in [4.78, 5) is 0. The molecule has 1 aromatic heterocycles. The molecule has 1 aromatic rings. The third-order valence-corrected chi connectivity index (χ3v) is 2.05. The number of hydrogen-bond donors (Lipinski definition) is 0. The average molecular weight is 201 g/mol. The van der Waals surface area contributed by atoms with Gasteiger partial charge in [0.05, 0.1) is 12.5 Å². The summed E-state index contributed by atoms with van der Waals surface area (Å²) in [6, 6.07) is 1.94. The smallest absolute Gasteiger partial charge is 0.0974 e. The predicted octanol–water partition coefficient (Wildman–Crippen LogP) is 3.08. The Bertz CT molecular complexity index is 211. The molecule has 2 heteroatoms. The average Bonchev–Trinajstić information content (AvgIpc) is 2.40. The third kappa shape index (κ3) is 2.03. The molecule has 0 aromatic carbocycles. The molecule has 0 fully saturated rings. The minimum Gasteiger partial charge on any atom is -0.472 e. The Morgan fingerprint density at radius 2 is 2.60 bits per heavy atom. The van der Waals surface area contributed by atoms with Crippen molar-refractivity contribution in [3.63, 3.8) is 0 Å². The van der Waals surface area contributed by atoms with Crippen LogP contribution in [-0.2, 0) is 0 Å². The number of hydrogen-bond acceptors (Lipinski definition) is 1. The second-order valence-electron chi connectivity index (χ2n) is 2.18. The number of furan rings is 1. The van der Waals surface area contributed by atoms with E-state index in [0.29, 0.717) is 0 Å². The third-order valence-electron chi connectivity index (χ3n) is 1.17. The SMILES string of the molecule is C/C(=C/c1ccoc1)CBr. The quantitative estimate of drug-likeness (QED) is 0.670. The summed E-state index contributed by atoms with van der Waals surface area (Å²) in [5.74, 6) is 0. The molecule has 0 spiro atoms. The molecule has 0 bridgehead atoms. The van der Waals surface area contributed by atoms with Gasteiger partial charge >= 0.3 is 0 Å². The summed E-state index contributed by atoms with van der Waals surface area (Å²) in [6.07, 6.45) is 5.48. The van der Waals surface area contributed by atoms with Gasteiger partial charge in [-0.25, -0.2) is 0 Å². The van der Waals surface area contributed by atoms with E-state index < -0.39 is 0 Å². The van der Waals surface area contributed by atoms with Gasteiger partial charge in [0.15, 0.2) is 0 Å². The molecule has 1 heterocycles.